The van der Waals surface area contributed by atoms with Crippen LogP contribution in [-0.2, 0) is 4.74 Å². The predicted octanol–water partition coefficient (Wildman–Crippen LogP) is 5.69. The van der Waals surface area contributed by atoms with E-state index in [-0.39, 0.29) is 19.1 Å². The predicted molar refractivity (Wildman–Crippen MR) is 136 cm³/mol. The van der Waals surface area contributed by atoms with Crippen LogP contribution >= 0.6 is 11.8 Å². The molecular weight excluding hydrogens is 452 g/mol. The number of alkyl carbamates (subject to hydrolysis) is 1. The van der Waals surface area contributed by atoms with Crippen LogP contribution < -0.4 is 15.4 Å². The number of hydrogen-bond donors (Lipinski definition) is 2. The molecule has 0 aliphatic carbocycles. The van der Waals surface area contributed by atoms with Crippen LogP contribution in [0.25, 0.3) is 0 Å². The summed E-state index contributed by atoms with van der Waals surface area (Å²) >= 11 is 1.68. The van der Waals surface area contributed by atoms with Crippen molar-refractivity contribution in [1.29, 1.82) is 0 Å². The highest BCUT2D eigenvalue weighted by atomic mass is 32.2. The molecule has 2 amide bonds. The molecule has 0 atom stereocenters. The zero-order valence-corrected chi connectivity index (χ0v) is 21.4. The van der Waals surface area contributed by atoms with Crippen molar-refractivity contribution in [2.45, 2.75) is 70.4 Å². The normalized spacial score (nSPS) is 11.1. The van der Waals surface area contributed by atoms with Crippen LogP contribution in [0.3, 0.4) is 0 Å². The number of carbonyl (C=O) groups excluding carboxylic acids is 2. The number of rotatable bonds is 13. The minimum atomic E-state index is -0.552. The van der Waals surface area contributed by atoms with Gasteiger partial charge in [0.2, 0.25) is 0 Å². The molecule has 0 saturated carbocycles. The van der Waals surface area contributed by atoms with Gasteiger partial charge in [0.05, 0.1) is 6.54 Å². The van der Waals surface area contributed by atoms with Crippen molar-refractivity contribution in [2.75, 3.05) is 24.2 Å². The minimum absolute atomic E-state index is 0.244. The van der Waals surface area contributed by atoms with Crippen molar-refractivity contribution in [3.05, 3.63) is 42.0 Å². The third-order valence-corrected chi connectivity index (χ3v) is 5.52. The number of carbonyl (C=O) groups is 2. The fourth-order valence-corrected chi connectivity index (χ4v) is 3.72. The molecule has 2 rings (SSSR count). The summed E-state index contributed by atoms with van der Waals surface area (Å²) in [5.74, 6) is 1.63. The Labute approximate surface area is 206 Å². The third kappa shape index (κ3) is 11.4. The Hall–Kier alpha value is -2.81. The first-order valence-electron chi connectivity index (χ1n) is 11.7. The Bertz CT molecular complexity index is 901. The fraction of sp³-hybridized carbons (Fsp3) is 0.520. The van der Waals surface area contributed by atoms with Crippen LogP contribution in [0.2, 0.25) is 0 Å². The average Bonchev–Trinajstić information content (AvgIpc) is 2.79. The zero-order chi connectivity index (χ0) is 24.8. The number of hydrogen-bond acceptors (Lipinski definition) is 7. The average molecular weight is 489 g/mol. The van der Waals surface area contributed by atoms with E-state index in [0.717, 1.165) is 10.8 Å². The first-order valence-corrected chi connectivity index (χ1v) is 12.7. The van der Waals surface area contributed by atoms with E-state index < -0.39 is 11.7 Å². The summed E-state index contributed by atoms with van der Waals surface area (Å²) < 4.78 is 10.8. The molecule has 0 saturated heterocycles. The van der Waals surface area contributed by atoms with E-state index in [9.17, 15) is 9.59 Å². The molecule has 0 radical (unpaired) electrons. The van der Waals surface area contributed by atoms with Gasteiger partial charge in [-0.25, -0.2) is 4.79 Å². The van der Waals surface area contributed by atoms with E-state index in [1.54, 1.807) is 62.9 Å². The van der Waals surface area contributed by atoms with E-state index >= 15 is 0 Å². The van der Waals surface area contributed by atoms with Crippen LogP contribution in [-0.4, -0.2) is 46.7 Å². The van der Waals surface area contributed by atoms with Gasteiger partial charge in [-0.3, -0.25) is 4.79 Å². The highest BCUT2D eigenvalue weighted by molar-refractivity contribution is 7.99. The fourth-order valence-electron chi connectivity index (χ4n) is 2.90. The van der Waals surface area contributed by atoms with Gasteiger partial charge in [-0.1, -0.05) is 38.7 Å². The maximum Gasteiger partial charge on any atom is 0.407 e. The lowest BCUT2D eigenvalue weighted by molar-refractivity contribution is 0.0520. The first kappa shape index (κ1) is 27.4. The van der Waals surface area contributed by atoms with Crippen molar-refractivity contribution in [3.8, 4) is 5.75 Å². The molecule has 1 aromatic heterocycles. The molecule has 0 spiro atoms. The zero-order valence-electron chi connectivity index (χ0n) is 20.6. The minimum Gasteiger partial charge on any atom is -0.492 e. The molecule has 8 nitrogen and oxygen atoms in total. The smallest absolute Gasteiger partial charge is 0.407 e. The van der Waals surface area contributed by atoms with Crippen LogP contribution in [0.1, 0.15) is 70.2 Å². The largest absolute Gasteiger partial charge is 0.492 e. The van der Waals surface area contributed by atoms with Crippen molar-refractivity contribution in [2.24, 2.45) is 0 Å². The maximum atomic E-state index is 12.6. The lowest BCUT2D eigenvalue weighted by atomic mass is 10.2. The summed E-state index contributed by atoms with van der Waals surface area (Å²) in [4.78, 5) is 24.2. The Kier molecular flexibility index (Phi) is 11.7. The van der Waals surface area contributed by atoms with Gasteiger partial charge in [-0.05, 0) is 63.3 Å². The van der Waals surface area contributed by atoms with Crippen LogP contribution in [0, 0.1) is 0 Å². The number of aromatic nitrogens is 2. The number of anilines is 1. The van der Waals surface area contributed by atoms with Gasteiger partial charge in [-0.2, -0.15) is 0 Å². The highest BCUT2D eigenvalue weighted by Crippen LogP contribution is 2.19. The summed E-state index contributed by atoms with van der Waals surface area (Å²) in [7, 11) is 0. The van der Waals surface area contributed by atoms with Crippen molar-refractivity contribution < 1.29 is 19.1 Å². The van der Waals surface area contributed by atoms with Crippen molar-refractivity contribution in [1.82, 2.24) is 15.5 Å². The Morgan fingerprint density at radius 1 is 1.03 bits per heavy atom. The number of nitrogens with one attached hydrogen (secondary N) is 2. The monoisotopic (exact) mass is 488 g/mol. The van der Waals surface area contributed by atoms with Crippen molar-refractivity contribution in [3.63, 3.8) is 0 Å². The molecule has 2 N–H and O–H groups in total. The van der Waals surface area contributed by atoms with E-state index in [1.807, 2.05) is 6.07 Å². The molecule has 186 valence electrons. The Morgan fingerprint density at radius 2 is 1.82 bits per heavy atom. The summed E-state index contributed by atoms with van der Waals surface area (Å²) in [6.45, 7) is 8.14. The second kappa shape index (κ2) is 14.5. The van der Waals surface area contributed by atoms with E-state index in [0.29, 0.717) is 17.1 Å². The molecule has 0 fully saturated rings. The van der Waals surface area contributed by atoms with Gasteiger partial charge in [0.1, 0.15) is 23.0 Å². The summed E-state index contributed by atoms with van der Waals surface area (Å²) in [6, 6.07) is 10.4. The molecule has 9 heteroatoms. The van der Waals surface area contributed by atoms with Crippen molar-refractivity contribution >= 4 is 29.6 Å². The number of thioether (sulfide) groups is 1. The second-order valence-corrected chi connectivity index (χ2v) is 9.89. The van der Waals surface area contributed by atoms with Crippen LogP contribution in [0.4, 0.5) is 10.6 Å². The summed E-state index contributed by atoms with van der Waals surface area (Å²) in [5, 5.41) is 14.5. The van der Waals surface area contributed by atoms with E-state index in [4.69, 9.17) is 9.47 Å². The van der Waals surface area contributed by atoms with Crippen LogP contribution in [0.5, 0.6) is 5.75 Å². The van der Waals surface area contributed by atoms with E-state index in [1.165, 1.54) is 32.1 Å². The first-order chi connectivity index (χ1) is 16.3. The number of ether oxygens (including phenoxy) is 2. The molecule has 1 heterocycles. The standard InChI is InChI=1S/C25H36N4O4S/c1-5-6-7-8-9-17-34-22-14-13-21(28-29-22)27-23(30)19-11-10-12-20(18-19)32-16-15-26-24(31)33-25(2,3)4/h10-14,18H,5-9,15-17H2,1-4H3,(H,26,31)(H,27,28,30). The van der Waals surface area contributed by atoms with Gasteiger partial charge in [0, 0.05) is 5.56 Å². The number of amides is 2. The van der Waals surface area contributed by atoms with Gasteiger partial charge < -0.3 is 20.1 Å². The molecule has 0 bridgehead atoms. The highest BCUT2D eigenvalue weighted by Gasteiger charge is 2.15. The van der Waals surface area contributed by atoms with Gasteiger partial charge in [0.15, 0.2) is 5.82 Å². The molecular formula is C25H36N4O4S. The number of unbranched alkanes of at least 4 members (excludes halogenated alkanes) is 4. The molecule has 2 aromatic rings. The molecule has 0 aliphatic heterocycles. The summed E-state index contributed by atoms with van der Waals surface area (Å²) in [6.07, 6.45) is 5.73. The van der Waals surface area contributed by atoms with Crippen LogP contribution in [0.15, 0.2) is 41.4 Å². The molecule has 0 aliphatic rings. The third-order valence-electron chi connectivity index (χ3n) is 4.51. The molecule has 1 aromatic carbocycles. The topological polar surface area (TPSA) is 102 Å². The lowest BCUT2D eigenvalue weighted by Crippen LogP contribution is -2.34. The number of benzene rings is 1. The van der Waals surface area contributed by atoms with Gasteiger partial charge in [-0.15, -0.1) is 22.0 Å². The van der Waals surface area contributed by atoms with Gasteiger partial charge >= 0.3 is 6.09 Å². The second-order valence-electron chi connectivity index (χ2n) is 8.78. The van der Waals surface area contributed by atoms with Gasteiger partial charge in [0.25, 0.3) is 5.91 Å². The molecule has 34 heavy (non-hydrogen) atoms. The Morgan fingerprint density at radius 3 is 2.53 bits per heavy atom. The van der Waals surface area contributed by atoms with E-state index in [2.05, 4.69) is 27.8 Å². The number of nitrogens with zero attached hydrogens (tertiary/aromatic N) is 2. The molecule has 0 unspecified atom stereocenters. The Balaban J connectivity index is 1.75. The lowest BCUT2D eigenvalue weighted by Gasteiger charge is -2.19. The quantitative estimate of drug-likeness (QED) is 0.276. The maximum absolute atomic E-state index is 12.6. The SMILES string of the molecule is CCCCCCCSc1ccc(NC(=O)c2cccc(OCCNC(=O)OC(C)(C)C)c2)nn1. The summed E-state index contributed by atoms with van der Waals surface area (Å²) in [5.41, 5.74) is -0.116.